The Morgan fingerprint density at radius 2 is 2.14 bits per heavy atom. The molecule has 0 unspecified atom stereocenters. The van der Waals surface area contributed by atoms with Crippen molar-refractivity contribution in [2.75, 3.05) is 11.9 Å². The molecule has 1 aromatic heterocycles. The predicted molar refractivity (Wildman–Crippen MR) is 84.5 cm³/mol. The second-order valence-electron chi connectivity index (χ2n) is 4.99. The first-order chi connectivity index (χ1) is 9.97. The molecule has 0 saturated carbocycles. The van der Waals surface area contributed by atoms with E-state index in [1.807, 2.05) is 31.6 Å². The van der Waals surface area contributed by atoms with E-state index in [-0.39, 0.29) is 12.5 Å². The van der Waals surface area contributed by atoms with Gasteiger partial charge in [0.25, 0.3) is 0 Å². The van der Waals surface area contributed by atoms with Crippen LogP contribution in [0.5, 0.6) is 0 Å². The first-order valence-electron chi connectivity index (χ1n) is 6.71. The number of anilines is 1. The van der Waals surface area contributed by atoms with Gasteiger partial charge in [-0.25, -0.2) is 0 Å². The van der Waals surface area contributed by atoms with Gasteiger partial charge in [0.2, 0.25) is 5.91 Å². The molecule has 0 aliphatic rings. The molecule has 2 N–H and O–H groups in total. The van der Waals surface area contributed by atoms with Crippen LogP contribution in [-0.4, -0.2) is 22.2 Å². The maximum absolute atomic E-state index is 11.9. The van der Waals surface area contributed by atoms with E-state index in [0.29, 0.717) is 11.6 Å². The summed E-state index contributed by atoms with van der Waals surface area (Å²) < 4.78 is 1.81. The number of nitrogens with one attached hydrogen (secondary N) is 2. The highest BCUT2D eigenvalue weighted by Crippen LogP contribution is 2.19. The maximum Gasteiger partial charge on any atom is 0.238 e. The van der Waals surface area contributed by atoms with Gasteiger partial charge in [-0.1, -0.05) is 17.7 Å². The molecule has 0 atom stereocenters. The Labute approximate surface area is 129 Å². The largest absolute Gasteiger partial charge is 0.325 e. The smallest absolute Gasteiger partial charge is 0.238 e. The molecule has 6 heteroatoms. The molecule has 0 bridgehead atoms. The summed E-state index contributed by atoms with van der Waals surface area (Å²) in [6.07, 6.45) is 1.81. The summed E-state index contributed by atoms with van der Waals surface area (Å²) in [7, 11) is 1.90. The predicted octanol–water partition coefficient (Wildman–Crippen LogP) is 2.42. The highest BCUT2D eigenvalue weighted by molar-refractivity contribution is 6.31. The normalized spacial score (nSPS) is 10.7. The van der Waals surface area contributed by atoms with Gasteiger partial charge >= 0.3 is 0 Å². The van der Waals surface area contributed by atoms with Crippen LogP contribution >= 0.6 is 11.6 Å². The van der Waals surface area contributed by atoms with Crippen molar-refractivity contribution in [3.05, 3.63) is 46.2 Å². The molecule has 0 saturated heterocycles. The summed E-state index contributed by atoms with van der Waals surface area (Å²) in [6.45, 7) is 4.78. The molecule has 0 aliphatic carbocycles. The van der Waals surface area contributed by atoms with Crippen LogP contribution in [0.15, 0.2) is 24.4 Å². The molecule has 2 rings (SSSR count). The van der Waals surface area contributed by atoms with Gasteiger partial charge in [0.15, 0.2) is 0 Å². The van der Waals surface area contributed by atoms with Crippen molar-refractivity contribution in [2.24, 2.45) is 7.05 Å². The Morgan fingerprint density at radius 3 is 2.81 bits per heavy atom. The molecule has 0 spiro atoms. The van der Waals surface area contributed by atoms with E-state index in [0.717, 1.165) is 22.5 Å². The lowest BCUT2D eigenvalue weighted by Crippen LogP contribution is -2.28. The van der Waals surface area contributed by atoms with Crippen molar-refractivity contribution in [3.8, 4) is 0 Å². The molecule has 1 amide bonds. The Bertz CT molecular complexity index is 651. The molecular weight excluding hydrogens is 288 g/mol. The molecule has 21 heavy (non-hydrogen) atoms. The van der Waals surface area contributed by atoms with E-state index in [9.17, 15) is 4.79 Å². The summed E-state index contributed by atoms with van der Waals surface area (Å²) in [5, 5.41) is 10.7. The molecule has 0 fully saturated rings. The van der Waals surface area contributed by atoms with Crippen molar-refractivity contribution in [3.63, 3.8) is 0 Å². The van der Waals surface area contributed by atoms with E-state index in [1.54, 1.807) is 18.3 Å². The molecule has 1 aromatic carbocycles. The van der Waals surface area contributed by atoms with Crippen molar-refractivity contribution in [2.45, 2.75) is 20.4 Å². The fraction of sp³-hybridized carbons (Fsp3) is 0.333. The number of rotatable bonds is 5. The SMILES string of the molecule is Cc1ccc(Cl)cc1NC(=O)CNCc1cnn(C)c1C. The van der Waals surface area contributed by atoms with Crippen LogP contribution in [0.2, 0.25) is 5.02 Å². The topological polar surface area (TPSA) is 59.0 Å². The number of halogens is 1. The number of aromatic nitrogens is 2. The van der Waals surface area contributed by atoms with E-state index in [1.165, 1.54) is 0 Å². The van der Waals surface area contributed by atoms with Gasteiger partial charge in [0.05, 0.1) is 12.7 Å². The third kappa shape index (κ3) is 4.06. The summed E-state index contributed by atoms with van der Waals surface area (Å²) in [5.74, 6) is -0.0955. The standard InChI is InChI=1S/C15H19ClN4O/c1-10-4-5-13(16)6-14(10)19-15(21)9-17-7-12-8-18-20(3)11(12)2/h4-6,8,17H,7,9H2,1-3H3,(H,19,21). The second kappa shape index (κ2) is 6.74. The summed E-state index contributed by atoms with van der Waals surface area (Å²) >= 11 is 5.93. The average molecular weight is 307 g/mol. The van der Waals surface area contributed by atoms with E-state index < -0.39 is 0 Å². The number of carbonyl (C=O) groups excluding carboxylic acids is 1. The van der Waals surface area contributed by atoms with Gasteiger partial charge in [-0.05, 0) is 31.5 Å². The third-order valence-electron chi connectivity index (χ3n) is 3.41. The van der Waals surface area contributed by atoms with E-state index in [4.69, 9.17) is 11.6 Å². The monoisotopic (exact) mass is 306 g/mol. The zero-order valence-corrected chi connectivity index (χ0v) is 13.2. The zero-order chi connectivity index (χ0) is 15.4. The number of nitrogens with zero attached hydrogens (tertiary/aromatic N) is 2. The number of carbonyl (C=O) groups is 1. The van der Waals surface area contributed by atoms with Crippen LogP contribution in [0.3, 0.4) is 0 Å². The van der Waals surface area contributed by atoms with Crippen molar-refractivity contribution < 1.29 is 4.79 Å². The van der Waals surface area contributed by atoms with Crippen molar-refractivity contribution in [1.29, 1.82) is 0 Å². The number of benzene rings is 1. The average Bonchev–Trinajstić information content (AvgIpc) is 2.75. The van der Waals surface area contributed by atoms with E-state index in [2.05, 4.69) is 15.7 Å². The quantitative estimate of drug-likeness (QED) is 0.892. The molecular formula is C15H19ClN4O. The van der Waals surface area contributed by atoms with Crippen LogP contribution in [0.25, 0.3) is 0 Å². The minimum Gasteiger partial charge on any atom is -0.325 e. The Kier molecular flexibility index (Phi) is 4.98. The van der Waals surface area contributed by atoms with Crippen molar-refractivity contribution in [1.82, 2.24) is 15.1 Å². The van der Waals surface area contributed by atoms with Gasteiger partial charge in [-0.2, -0.15) is 5.10 Å². The Morgan fingerprint density at radius 1 is 1.38 bits per heavy atom. The van der Waals surface area contributed by atoms with Gasteiger partial charge < -0.3 is 10.6 Å². The highest BCUT2D eigenvalue weighted by Gasteiger charge is 2.07. The Balaban J connectivity index is 1.85. The fourth-order valence-electron chi connectivity index (χ4n) is 1.95. The molecule has 1 heterocycles. The minimum atomic E-state index is -0.0955. The zero-order valence-electron chi connectivity index (χ0n) is 12.4. The Hall–Kier alpha value is -1.85. The number of hydrogen-bond donors (Lipinski definition) is 2. The molecule has 5 nitrogen and oxygen atoms in total. The van der Waals surface area contributed by atoms with Gasteiger partial charge in [0.1, 0.15) is 0 Å². The van der Waals surface area contributed by atoms with Crippen molar-refractivity contribution >= 4 is 23.2 Å². The number of aryl methyl sites for hydroxylation is 2. The molecule has 0 radical (unpaired) electrons. The second-order valence-corrected chi connectivity index (χ2v) is 5.43. The highest BCUT2D eigenvalue weighted by atomic mass is 35.5. The lowest BCUT2D eigenvalue weighted by Gasteiger charge is -2.09. The molecule has 112 valence electrons. The van der Waals surface area contributed by atoms with Crippen LogP contribution in [0.1, 0.15) is 16.8 Å². The summed E-state index contributed by atoms with van der Waals surface area (Å²) in [4.78, 5) is 11.9. The van der Waals surface area contributed by atoms with Crippen LogP contribution in [-0.2, 0) is 18.4 Å². The van der Waals surface area contributed by atoms with Crippen LogP contribution < -0.4 is 10.6 Å². The fourth-order valence-corrected chi connectivity index (χ4v) is 2.12. The maximum atomic E-state index is 11.9. The first-order valence-corrected chi connectivity index (χ1v) is 7.09. The molecule has 2 aromatic rings. The van der Waals surface area contributed by atoms with Crippen LogP contribution in [0.4, 0.5) is 5.69 Å². The van der Waals surface area contributed by atoms with Gasteiger partial charge in [0, 0.05) is 35.6 Å². The number of amides is 1. The summed E-state index contributed by atoms with van der Waals surface area (Å²) in [6, 6.07) is 5.43. The lowest BCUT2D eigenvalue weighted by atomic mass is 10.2. The van der Waals surface area contributed by atoms with Crippen LogP contribution in [0, 0.1) is 13.8 Å². The summed E-state index contributed by atoms with van der Waals surface area (Å²) in [5.41, 5.74) is 3.90. The third-order valence-corrected chi connectivity index (χ3v) is 3.65. The first kappa shape index (κ1) is 15.5. The van der Waals surface area contributed by atoms with E-state index >= 15 is 0 Å². The lowest BCUT2D eigenvalue weighted by molar-refractivity contribution is -0.115. The van der Waals surface area contributed by atoms with Gasteiger partial charge in [-0.3, -0.25) is 9.48 Å². The molecule has 0 aliphatic heterocycles. The minimum absolute atomic E-state index is 0.0955. The van der Waals surface area contributed by atoms with Gasteiger partial charge in [-0.15, -0.1) is 0 Å². The number of hydrogen-bond acceptors (Lipinski definition) is 3.